The highest BCUT2D eigenvalue weighted by Crippen LogP contribution is 2.38. The molecule has 0 amide bonds. The Hall–Kier alpha value is -3.46. The lowest BCUT2D eigenvalue weighted by Crippen LogP contribution is -2.04. The van der Waals surface area contributed by atoms with Crippen LogP contribution in [0, 0.1) is 24.0 Å². The second-order valence-corrected chi connectivity index (χ2v) is 7.97. The summed E-state index contributed by atoms with van der Waals surface area (Å²) >= 11 is 1.43. The first kappa shape index (κ1) is 23.2. The van der Waals surface area contributed by atoms with Gasteiger partial charge in [0.05, 0.1) is 30.0 Å². The van der Waals surface area contributed by atoms with Gasteiger partial charge in [-0.1, -0.05) is 19.1 Å². The molecule has 0 unspecified atom stereocenters. The molecule has 0 atom stereocenters. The molecule has 0 fully saturated rings. The Morgan fingerprint density at radius 1 is 1.19 bits per heavy atom. The van der Waals surface area contributed by atoms with Crippen molar-refractivity contribution >= 4 is 28.4 Å². The number of hydrogen-bond donors (Lipinski definition) is 1. The zero-order chi connectivity index (χ0) is 23.1. The van der Waals surface area contributed by atoms with E-state index in [0.29, 0.717) is 29.7 Å². The lowest BCUT2D eigenvalue weighted by Gasteiger charge is -2.12. The normalized spacial score (nSPS) is 11.0. The van der Waals surface area contributed by atoms with Crippen molar-refractivity contribution in [3.8, 4) is 22.8 Å². The first-order valence-electron chi connectivity index (χ1n) is 10.3. The van der Waals surface area contributed by atoms with Gasteiger partial charge in [0.25, 0.3) is 0 Å². The fourth-order valence-electron chi connectivity index (χ4n) is 2.95. The van der Waals surface area contributed by atoms with Crippen molar-refractivity contribution in [2.75, 3.05) is 18.6 Å². The average Bonchev–Trinajstić information content (AvgIpc) is 3.23. The summed E-state index contributed by atoms with van der Waals surface area (Å²) in [4.78, 5) is 15.7. The first-order valence-corrected chi connectivity index (χ1v) is 11.2. The van der Waals surface area contributed by atoms with Crippen LogP contribution in [0.5, 0.6) is 11.5 Å². The number of nitrogens with one attached hydrogen (secondary N) is 1. The number of benzene rings is 2. The summed E-state index contributed by atoms with van der Waals surface area (Å²) in [5, 5.41) is 18.4. The zero-order valence-corrected chi connectivity index (χ0v) is 19.4. The van der Waals surface area contributed by atoms with Gasteiger partial charge in [0, 0.05) is 22.6 Å². The third kappa shape index (κ3) is 5.61. The molecule has 32 heavy (non-hydrogen) atoms. The van der Waals surface area contributed by atoms with Crippen LogP contribution in [-0.2, 0) is 0 Å². The van der Waals surface area contributed by atoms with E-state index < -0.39 is 4.92 Å². The molecule has 3 aromatic rings. The van der Waals surface area contributed by atoms with E-state index in [1.54, 1.807) is 6.07 Å². The standard InChI is InChI=1S/C23H26N4O4S/c1-5-9-31-22-20(27(28)29)11-17(12-21(22)30-6-2)13-24-26-23-25-19(14-32-23)18-8-7-15(3)16(4)10-18/h7-8,10-14H,5-6,9H2,1-4H3,(H,25,26)/b24-13-. The monoisotopic (exact) mass is 454 g/mol. The number of hydrogen-bond acceptors (Lipinski definition) is 8. The van der Waals surface area contributed by atoms with Crippen molar-refractivity contribution in [1.82, 2.24) is 4.98 Å². The predicted octanol–water partition coefficient (Wildman–Crippen LogP) is 5.97. The van der Waals surface area contributed by atoms with Crippen molar-refractivity contribution in [2.45, 2.75) is 34.1 Å². The summed E-state index contributed by atoms with van der Waals surface area (Å²) in [6.45, 7) is 8.62. The number of nitro groups is 1. The number of ether oxygens (including phenoxy) is 2. The summed E-state index contributed by atoms with van der Waals surface area (Å²) in [7, 11) is 0. The fourth-order valence-corrected chi connectivity index (χ4v) is 3.62. The van der Waals surface area contributed by atoms with Crippen molar-refractivity contribution in [3.05, 3.63) is 62.5 Å². The van der Waals surface area contributed by atoms with Crippen LogP contribution in [0.15, 0.2) is 40.8 Å². The topological polar surface area (TPSA) is 98.9 Å². The van der Waals surface area contributed by atoms with E-state index in [0.717, 1.165) is 17.7 Å². The van der Waals surface area contributed by atoms with E-state index in [-0.39, 0.29) is 11.4 Å². The number of nitro benzene ring substituents is 1. The first-order chi connectivity index (χ1) is 15.4. The molecule has 0 saturated carbocycles. The quantitative estimate of drug-likeness (QED) is 0.230. The number of nitrogens with zero attached hydrogens (tertiary/aromatic N) is 3. The van der Waals surface area contributed by atoms with E-state index in [9.17, 15) is 10.1 Å². The number of hydrazone groups is 1. The molecule has 1 heterocycles. The van der Waals surface area contributed by atoms with Gasteiger partial charge in [0.15, 0.2) is 5.75 Å². The van der Waals surface area contributed by atoms with Gasteiger partial charge in [-0.05, 0) is 50.5 Å². The Kier molecular flexibility index (Phi) is 7.77. The van der Waals surface area contributed by atoms with Gasteiger partial charge in [0.1, 0.15) is 0 Å². The maximum atomic E-state index is 11.6. The third-order valence-corrected chi connectivity index (χ3v) is 5.43. The highest BCUT2D eigenvalue weighted by molar-refractivity contribution is 7.14. The van der Waals surface area contributed by atoms with Gasteiger partial charge in [-0.15, -0.1) is 11.3 Å². The van der Waals surface area contributed by atoms with Gasteiger partial charge < -0.3 is 9.47 Å². The molecule has 1 N–H and O–H groups in total. The Balaban J connectivity index is 1.79. The molecular weight excluding hydrogens is 428 g/mol. The van der Waals surface area contributed by atoms with Crippen LogP contribution in [0.2, 0.25) is 0 Å². The maximum absolute atomic E-state index is 11.6. The summed E-state index contributed by atoms with van der Waals surface area (Å²) in [5.41, 5.74) is 7.60. The van der Waals surface area contributed by atoms with Crippen LogP contribution >= 0.6 is 11.3 Å². The molecule has 1 aromatic heterocycles. The van der Waals surface area contributed by atoms with Crippen molar-refractivity contribution in [3.63, 3.8) is 0 Å². The fraction of sp³-hybridized carbons (Fsp3) is 0.304. The Morgan fingerprint density at radius 3 is 2.69 bits per heavy atom. The Morgan fingerprint density at radius 2 is 2.00 bits per heavy atom. The Bertz CT molecular complexity index is 1130. The smallest absolute Gasteiger partial charge is 0.315 e. The molecule has 2 aromatic carbocycles. The summed E-state index contributed by atoms with van der Waals surface area (Å²) in [6, 6.07) is 9.32. The minimum atomic E-state index is -0.477. The molecule has 0 aliphatic heterocycles. The molecular formula is C23H26N4O4S. The van der Waals surface area contributed by atoms with Crippen molar-refractivity contribution < 1.29 is 14.4 Å². The molecule has 0 saturated heterocycles. The highest BCUT2D eigenvalue weighted by atomic mass is 32.1. The Labute approximate surface area is 191 Å². The molecule has 0 aliphatic carbocycles. The molecule has 168 valence electrons. The largest absolute Gasteiger partial charge is 0.490 e. The molecule has 0 radical (unpaired) electrons. The number of rotatable bonds is 10. The van der Waals surface area contributed by atoms with E-state index in [4.69, 9.17) is 9.47 Å². The third-order valence-electron chi connectivity index (χ3n) is 4.69. The van der Waals surface area contributed by atoms with E-state index in [2.05, 4.69) is 41.5 Å². The second-order valence-electron chi connectivity index (χ2n) is 7.11. The van der Waals surface area contributed by atoms with E-state index in [1.807, 2.05) is 25.3 Å². The van der Waals surface area contributed by atoms with Crippen LogP contribution in [0.3, 0.4) is 0 Å². The van der Waals surface area contributed by atoms with Crippen LogP contribution in [0.25, 0.3) is 11.3 Å². The lowest BCUT2D eigenvalue weighted by molar-refractivity contribution is -0.386. The summed E-state index contributed by atoms with van der Waals surface area (Å²) in [5.74, 6) is 0.463. The number of thiazole rings is 1. The number of anilines is 1. The SMILES string of the molecule is CCCOc1c(OCC)cc(/C=N\Nc2nc(-c3ccc(C)c(C)c3)cs2)cc1[N+](=O)[O-]. The highest BCUT2D eigenvalue weighted by Gasteiger charge is 2.22. The van der Waals surface area contributed by atoms with E-state index in [1.165, 1.54) is 34.7 Å². The minimum absolute atomic E-state index is 0.141. The molecule has 8 nitrogen and oxygen atoms in total. The van der Waals surface area contributed by atoms with Gasteiger partial charge in [-0.25, -0.2) is 4.98 Å². The molecule has 0 spiro atoms. The zero-order valence-electron chi connectivity index (χ0n) is 18.5. The second kappa shape index (κ2) is 10.7. The maximum Gasteiger partial charge on any atom is 0.315 e. The molecule has 9 heteroatoms. The van der Waals surface area contributed by atoms with Crippen molar-refractivity contribution in [1.29, 1.82) is 0 Å². The van der Waals surface area contributed by atoms with E-state index >= 15 is 0 Å². The van der Waals surface area contributed by atoms with Gasteiger partial charge in [-0.3, -0.25) is 15.5 Å². The predicted molar refractivity (Wildman–Crippen MR) is 128 cm³/mol. The molecule has 0 aliphatic rings. The summed E-state index contributed by atoms with van der Waals surface area (Å²) in [6.07, 6.45) is 2.23. The van der Waals surface area contributed by atoms with Gasteiger partial charge >= 0.3 is 5.69 Å². The number of aryl methyl sites for hydroxylation is 2. The van der Waals surface area contributed by atoms with Crippen molar-refractivity contribution in [2.24, 2.45) is 5.10 Å². The van der Waals surface area contributed by atoms with Gasteiger partial charge in [-0.2, -0.15) is 5.10 Å². The number of aromatic nitrogens is 1. The van der Waals surface area contributed by atoms with Crippen LogP contribution in [-0.4, -0.2) is 29.3 Å². The average molecular weight is 455 g/mol. The molecule has 0 bridgehead atoms. The summed E-state index contributed by atoms with van der Waals surface area (Å²) < 4.78 is 11.2. The van der Waals surface area contributed by atoms with Crippen LogP contribution < -0.4 is 14.9 Å². The lowest BCUT2D eigenvalue weighted by atomic mass is 10.1. The van der Waals surface area contributed by atoms with Crippen LogP contribution in [0.4, 0.5) is 10.8 Å². The minimum Gasteiger partial charge on any atom is -0.490 e. The van der Waals surface area contributed by atoms with Gasteiger partial charge in [0.2, 0.25) is 10.9 Å². The molecule has 3 rings (SSSR count). The van der Waals surface area contributed by atoms with Crippen LogP contribution in [0.1, 0.15) is 37.0 Å².